The molecule has 0 spiro atoms. The van der Waals surface area contributed by atoms with Crippen LogP contribution >= 0.6 is 0 Å². The van der Waals surface area contributed by atoms with E-state index in [0.717, 1.165) is 18.2 Å². The van der Waals surface area contributed by atoms with E-state index in [-0.39, 0.29) is 12.8 Å². The third-order valence-electron chi connectivity index (χ3n) is 3.81. The van der Waals surface area contributed by atoms with Crippen molar-refractivity contribution in [1.29, 1.82) is 0 Å². The van der Waals surface area contributed by atoms with Crippen LogP contribution in [0.1, 0.15) is 25.7 Å². The van der Waals surface area contributed by atoms with Crippen LogP contribution in [0, 0.1) is 0 Å². The van der Waals surface area contributed by atoms with Crippen LogP contribution in [0.5, 0.6) is 5.75 Å². The maximum Gasteiger partial charge on any atom is 0.573 e. The third-order valence-corrected chi connectivity index (χ3v) is 7.04. The first-order valence-corrected chi connectivity index (χ1v) is 9.51. The number of halogens is 3. The average Bonchev–Trinajstić information content (AvgIpc) is 2.97. The fourth-order valence-corrected chi connectivity index (χ4v) is 5.63. The van der Waals surface area contributed by atoms with Gasteiger partial charge >= 0.3 is 11.4 Å². The van der Waals surface area contributed by atoms with Gasteiger partial charge in [0, 0.05) is 0 Å². The maximum absolute atomic E-state index is 12.7. The molecule has 0 amide bonds. The Morgan fingerprint density at radius 1 is 1.32 bits per heavy atom. The average molecular weight is 397 g/mol. The van der Waals surface area contributed by atoms with Crippen LogP contribution in [-0.4, -0.2) is 38.1 Å². The molecule has 25 heavy (non-hydrogen) atoms. The zero-order chi connectivity index (χ0) is 18.9. The van der Waals surface area contributed by atoms with E-state index in [9.17, 15) is 35.9 Å². The van der Waals surface area contributed by atoms with Gasteiger partial charge in [-0.25, -0.2) is 8.42 Å². The zero-order valence-electron chi connectivity index (χ0n) is 12.5. The highest BCUT2D eigenvalue weighted by Crippen LogP contribution is 2.38. The summed E-state index contributed by atoms with van der Waals surface area (Å²) in [5.74, 6) is -0.797. The summed E-state index contributed by atoms with van der Waals surface area (Å²) in [5.41, 5.74) is 9.18. The first-order chi connectivity index (χ1) is 11.5. The van der Waals surface area contributed by atoms with Gasteiger partial charge in [0.2, 0.25) is 0 Å². The lowest BCUT2D eigenvalue weighted by Crippen LogP contribution is -2.45. The molecule has 0 saturated heterocycles. The molecule has 1 aromatic rings. The minimum Gasteiger partial charge on any atom is -0.771 e. The van der Waals surface area contributed by atoms with Gasteiger partial charge in [0.15, 0.2) is 0 Å². The fourth-order valence-electron chi connectivity index (χ4n) is 2.74. The molecule has 1 aliphatic carbocycles. The predicted octanol–water partition coefficient (Wildman–Crippen LogP) is 2.18. The molecular formula is C13H12F3N2O5S2-. The molecule has 0 heterocycles. The summed E-state index contributed by atoms with van der Waals surface area (Å²) in [6.07, 6.45) is -4.36. The normalized spacial score (nSPS) is 18.4. The first-order valence-electron chi connectivity index (χ1n) is 6.96. The van der Waals surface area contributed by atoms with E-state index >= 15 is 0 Å². The molecule has 0 N–H and O–H groups in total. The van der Waals surface area contributed by atoms with E-state index < -0.39 is 47.7 Å². The number of nitrogens with zero attached hydrogens (tertiary/aromatic N) is 2. The van der Waals surface area contributed by atoms with Crippen molar-refractivity contribution in [2.75, 3.05) is 0 Å². The molecule has 0 aliphatic heterocycles. The second-order valence-electron chi connectivity index (χ2n) is 5.37. The summed E-state index contributed by atoms with van der Waals surface area (Å²) in [4.78, 5) is 2.02. The first kappa shape index (κ1) is 19.6. The SMILES string of the molecule is [N-]=[N+]=C(C1(S(=O)[O-])CCCC1)S(=O)(=O)c1cccc(OC(F)(F)F)c1. The molecule has 0 aromatic heterocycles. The summed E-state index contributed by atoms with van der Waals surface area (Å²) in [7, 11) is -4.66. The Bertz CT molecular complexity index is 841. The molecule has 2 rings (SSSR count). The van der Waals surface area contributed by atoms with Gasteiger partial charge in [0.05, 0.1) is 4.90 Å². The number of alkyl halides is 3. The highest BCUT2D eigenvalue weighted by molar-refractivity contribution is 8.08. The van der Waals surface area contributed by atoms with Crippen LogP contribution in [0.2, 0.25) is 0 Å². The second-order valence-corrected chi connectivity index (χ2v) is 8.48. The van der Waals surface area contributed by atoms with Crippen molar-refractivity contribution in [3.05, 3.63) is 29.8 Å². The van der Waals surface area contributed by atoms with E-state index in [1.807, 2.05) is 0 Å². The third kappa shape index (κ3) is 3.92. The largest absolute Gasteiger partial charge is 0.771 e. The van der Waals surface area contributed by atoms with Gasteiger partial charge in [0.1, 0.15) is 10.5 Å². The Morgan fingerprint density at radius 3 is 2.40 bits per heavy atom. The standard InChI is InChI=1S/C13H13F3N2O5S2/c14-13(15,16)23-9-4-3-5-10(8-9)25(21,22)11(18-17)12(24(19)20)6-1-2-7-12/h3-5,8H,1-2,6-7H2,(H,19,20)/p-1. The Kier molecular flexibility index (Phi) is 5.38. The monoisotopic (exact) mass is 397 g/mol. The van der Waals surface area contributed by atoms with Crippen LogP contribution in [0.25, 0.3) is 5.53 Å². The van der Waals surface area contributed by atoms with Gasteiger partial charge in [0.25, 0.3) is 9.84 Å². The Balaban J connectivity index is 2.52. The smallest absolute Gasteiger partial charge is 0.573 e. The number of sulfone groups is 1. The quantitative estimate of drug-likeness (QED) is 0.254. The number of benzene rings is 1. The van der Waals surface area contributed by atoms with E-state index in [2.05, 4.69) is 9.53 Å². The summed E-state index contributed by atoms with van der Waals surface area (Å²) in [6, 6.07) is 3.43. The zero-order valence-corrected chi connectivity index (χ0v) is 14.2. The number of hydrogen-bond donors (Lipinski definition) is 0. The highest BCUT2D eigenvalue weighted by Gasteiger charge is 2.53. The number of rotatable bonds is 4. The Morgan fingerprint density at radius 2 is 1.92 bits per heavy atom. The van der Waals surface area contributed by atoms with Crippen molar-refractivity contribution in [2.24, 2.45) is 0 Å². The molecule has 1 unspecified atom stereocenters. The van der Waals surface area contributed by atoms with Gasteiger partial charge in [-0.3, -0.25) is 4.21 Å². The second kappa shape index (κ2) is 6.87. The van der Waals surface area contributed by atoms with Crippen LogP contribution in [0.15, 0.2) is 29.2 Å². The van der Waals surface area contributed by atoms with Gasteiger partial charge in [-0.05, 0) is 42.1 Å². The van der Waals surface area contributed by atoms with Crippen LogP contribution < -0.4 is 4.74 Å². The van der Waals surface area contributed by atoms with Crippen LogP contribution in [-0.2, 0) is 20.9 Å². The van der Waals surface area contributed by atoms with Crippen molar-refractivity contribution < 1.29 is 39.9 Å². The maximum atomic E-state index is 12.7. The topological polar surface area (TPSA) is 120 Å². The van der Waals surface area contributed by atoms with Crippen molar-refractivity contribution >= 4 is 26.0 Å². The van der Waals surface area contributed by atoms with E-state index in [0.29, 0.717) is 18.9 Å². The van der Waals surface area contributed by atoms with Crippen molar-refractivity contribution in [3.8, 4) is 5.75 Å². The molecule has 138 valence electrons. The fraction of sp³-hybridized carbons (Fsp3) is 0.462. The minimum absolute atomic E-state index is 0.0690. The molecule has 1 saturated carbocycles. The van der Waals surface area contributed by atoms with Crippen molar-refractivity contribution in [3.63, 3.8) is 0 Å². The molecule has 0 bridgehead atoms. The predicted molar refractivity (Wildman–Crippen MR) is 79.1 cm³/mol. The van der Waals surface area contributed by atoms with Gasteiger partial charge in [-0.15, -0.1) is 13.2 Å². The van der Waals surface area contributed by atoms with E-state index in [4.69, 9.17) is 0 Å². The molecule has 1 aromatic carbocycles. The Hall–Kier alpha value is -1.75. The van der Waals surface area contributed by atoms with E-state index in [1.54, 1.807) is 0 Å². The summed E-state index contributed by atoms with van der Waals surface area (Å²) in [6.45, 7) is 0. The molecule has 1 fully saturated rings. The van der Waals surface area contributed by atoms with Gasteiger partial charge in [-0.2, -0.15) is 4.79 Å². The summed E-state index contributed by atoms with van der Waals surface area (Å²) < 4.78 is 87.2. The molecule has 1 atom stereocenters. The molecule has 7 nitrogen and oxygen atoms in total. The highest BCUT2D eigenvalue weighted by atomic mass is 32.2. The Labute approximate surface area is 143 Å². The van der Waals surface area contributed by atoms with Gasteiger partial charge < -0.3 is 14.8 Å². The molecule has 0 radical (unpaired) electrons. The van der Waals surface area contributed by atoms with Crippen molar-refractivity contribution in [2.45, 2.75) is 41.7 Å². The molecular weight excluding hydrogens is 385 g/mol. The number of hydrogen-bond acceptors (Lipinski definition) is 5. The van der Waals surface area contributed by atoms with E-state index in [1.165, 1.54) is 0 Å². The molecule has 12 heteroatoms. The minimum atomic E-state index is -5.03. The summed E-state index contributed by atoms with van der Waals surface area (Å²) >= 11 is -2.90. The lowest BCUT2D eigenvalue weighted by Gasteiger charge is -2.26. The van der Waals surface area contributed by atoms with Crippen LogP contribution in [0.3, 0.4) is 0 Å². The van der Waals surface area contributed by atoms with Crippen LogP contribution in [0.4, 0.5) is 13.2 Å². The summed E-state index contributed by atoms with van der Waals surface area (Å²) in [5, 5.41) is -1.00. The molecule has 1 aliphatic rings. The lowest BCUT2D eigenvalue weighted by atomic mass is 10.1. The number of ether oxygens (including phenoxy) is 1. The lowest BCUT2D eigenvalue weighted by molar-refractivity contribution is -0.274. The van der Waals surface area contributed by atoms with Gasteiger partial charge in [-0.1, -0.05) is 18.9 Å². The van der Waals surface area contributed by atoms with Crippen molar-refractivity contribution in [1.82, 2.24) is 0 Å².